The summed E-state index contributed by atoms with van der Waals surface area (Å²) in [5.41, 5.74) is 5.54. The molecular weight excluding hydrogens is 178 g/mol. The van der Waals surface area contributed by atoms with Crippen molar-refractivity contribution in [1.82, 2.24) is 10.6 Å². The Bertz CT molecular complexity index is 213. The van der Waals surface area contributed by atoms with Gasteiger partial charge in [0.05, 0.1) is 5.54 Å². The summed E-state index contributed by atoms with van der Waals surface area (Å²) in [5.74, 6) is 0.00253. The molecule has 0 aliphatic carbocycles. The van der Waals surface area contributed by atoms with Gasteiger partial charge in [0, 0.05) is 12.3 Å². The van der Waals surface area contributed by atoms with E-state index in [0.717, 1.165) is 12.8 Å². The summed E-state index contributed by atoms with van der Waals surface area (Å²) >= 11 is 0. The molecule has 1 unspecified atom stereocenters. The second kappa shape index (κ2) is 5.59. The fourth-order valence-corrected chi connectivity index (χ4v) is 1.16. The fourth-order valence-electron chi connectivity index (χ4n) is 1.16. The maximum atomic E-state index is 7.62. The van der Waals surface area contributed by atoms with E-state index in [-0.39, 0.29) is 11.5 Å². The molecule has 1 atom stereocenters. The smallest absolute Gasteiger partial charge is 0.185 e. The second-order valence-corrected chi connectivity index (χ2v) is 3.65. The summed E-state index contributed by atoms with van der Waals surface area (Å²) in [5, 5.41) is 20.5. The number of guanidine groups is 1. The van der Waals surface area contributed by atoms with E-state index < -0.39 is 0 Å². The van der Waals surface area contributed by atoms with E-state index in [2.05, 4.69) is 10.6 Å². The Kier molecular flexibility index (Phi) is 5.15. The molecule has 0 saturated carbocycles. The highest BCUT2D eigenvalue weighted by atomic mass is 15.0. The van der Waals surface area contributed by atoms with Gasteiger partial charge in [-0.3, -0.25) is 5.41 Å². The minimum Gasteiger partial charge on any atom is -0.370 e. The third-order valence-electron chi connectivity index (χ3n) is 2.55. The largest absolute Gasteiger partial charge is 0.370 e. The van der Waals surface area contributed by atoms with Crippen LogP contribution < -0.4 is 16.4 Å². The van der Waals surface area contributed by atoms with Gasteiger partial charge in [-0.25, -0.2) is 0 Å². The van der Waals surface area contributed by atoms with Crippen molar-refractivity contribution in [2.45, 2.75) is 32.2 Å². The maximum absolute atomic E-state index is 7.62. The highest BCUT2D eigenvalue weighted by Crippen LogP contribution is 2.12. The summed E-state index contributed by atoms with van der Waals surface area (Å²) in [6, 6.07) is 0. The van der Waals surface area contributed by atoms with Gasteiger partial charge in [0.15, 0.2) is 5.96 Å². The van der Waals surface area contributed by atoms with Crippen LogP contribution in [-0.2, 0) is 0 Å². The van der Waals surface area contributed by atoms with E-state index in [9.17, 15) is 0 Å². The molecule has 0 heterocycles. The number of hydrogen-bond donors (Lipinski definition) is 5. The Morgan fingerprint density at radius 2 is 2.00 bits per heavy atom. The molecule has 82 valence electrons. The summed E-state index contributed by atoms with van der Waals surface area (Å²) in [7, 11) is 1.86. The Morgan fingerprint density at radius 3 is 2.36 bits per heavy atom. The molecule has 0 radical (unpaired) electrons. The molecule has 5 nitrogen and oxygen atoms in total. The van der Waals surface area contributed by atoms with Crippen LogP contribution in [0.25, 0.3) is 0 Å². The van der Waals surface area contributed by atoms with Crippen molar-refractivity contribution < 1.29 is 0 Å². The predicted octanol–water partition coefficient (Wildman–Crippen LogP) is 0.267. The van der Waals surface area contributed by atoms with Gasteiger partial charge in [-0.1, -0.05) is 0 Å². The molecule has 0 spiro atoms. The third kappa shape index (κ3) is 4.23. The lowest BCUT2D eigenvalue weighted by molar-refractivity contribution is 0.454. The van der Waals surface area contributed by atoms with Crippen molar-refractivity contribution in [2.24, 2.45) is 5.73 Å². The second-order valence-electron chi connectivity index (χ2n) is 3.65. The number of rotatable bonds is 6. The normalized spacial score (nSPS) is 14.5. The first-order valence-electron chi connectivity index (χ1n) is 4.75. The fraction of sp³-hybridized carbons (Fsp3) is 0.778. The molecule has 0 aromatic rings. The molecule has 0 fully saturated rings. The van der Waals surface area contributed by atoms with Crippen molar-refractivity contribution in [3.8, 4) is 0 Å². The first-order chi connectivity index (χ1) is 6.42. The van der Waals surface area contributed by atoms with E-state index in [1.807, 2.05) is 14.0 Å². The molecule has 0 rings (SSSR count). The molecule has 0 aliphatic heterocycles. The monoisotopic (exact) mass is 199 g/mol. The van der Waals surface area contributed by atoms with Gasteiger partial charge in [0.25, 0.3) is 0 Å². The zero-order valence-corrected chi connectivity index (χ0v) is 9.20. The van der Waals surface area contributed by atoms with E-state index in [0.29, 0.717) is 12.3 Å². The zero-order chi connectivity index (χ0) is 11.2. The van der Waals surface area contributed by atoms with E-state index in [1.165, 1.54) is 0 Å². The van der Waals surface area contributed by atoms with Crippen molar-refractivity contribution in [3.05, 3.63) is 0 Å². The Labute approximate surface area is 85.5 Å². The standard InChI is InChI=1S/C9H21N5/c1-7(10)9(2,13-3)5-4-6-14-8(11)12/h10,13H,4-6H2,1-3H3,(H4,11,12,14). The highest BCUT2D eigenvalue weighted by Gasteiger charge is 2.23. The van der Waals surface area contributed by atoms with Crippen LogP contribution in [-0.4, -0.2) is 30.8 Å². The van der Waals surface area contributed by atoms with Crippen LogP contribution in [0.5, 0.6) is 0 Å². The van der Waals surface area contributed by atoms with E-state index in [4.69, 9.17) is 16.6 Å². The van der Waals surface area contributed by atoms with Crippen LogP contribution in [0.1, 0.15) is 26.7 Å². The van der Waals surface area contributed by atoms with Gasteiger partial charge >= 0.3 is 0 Å². The zero-order valence-electron chi connectivity index (χ0n) is 9.20. The average molecular weight is 199 g/mol. The molecule has 0 bridgehead atoms. The lowest BCUT2D eigenvalue weighted by atomic mass is 9.91. The average Bonchev–Trinajstić information content (AvgIpc) is 2.11. The highest BCUT2D eigenvalue weighted by molar-refractivity contribution is 5.88. The summed E-state index contributed by atoms with van der Waals surface area (Å²) in [6.07, 6.45) is 1.74. The molecule has 0 aromatic carbocycles. The van der Waals surface area contributed by atoms with Crippen LogP contribution in [0.3, 0.4) is 0 Å². The number of nitrogens with two attached hydrogens (primary N) is 1. The van der Waals surface area contributed by atoms with Crippen molar-refractivity contribution in [3.63, 3.8) is 0 Å². The first kappa shape index (κ1) is 12.9. The summed E-state index contributed by atoms with van der Waals surface area (Å²) < 4.78 is 0. The van der Waals surface area contributed by atoms with Gasteiger partial charge in [0.2, 0.25) is 0 Å². The molecule has 5 heteroatoms. The Morgan fingerprint density at radius 1 is 1.43 bits per heavy atom. The predicted molar refractivity (Wildman–Crippen MR) is 60.0 cm³/mol. The van der Waals surface area contributed by atoms with E-state index >= 15 is 0 Å². The molecule has 6 N–H and O–H groups in total. The molecule has 0 saturated heterocycles. The van der Waals surface area contributed by atoms with Crippen molar-refractivity contribution in [1.29, 1.82) is 10.8 Å². The van der Waals surface area contributed by atoms with E-state index in [1.54, 1.807) is 6.92 Å². The van der Waals surface area contributed by atoms with Gasteiger partial charge in [-0.05, 0) is 33.7 Å². The number of nitrogens with one attached hydrogen (secondary N) is 4. The quantitative estimate of drug-likeness (QED) is 0.241. The van der Waals surface area contributed by atoms with Gasteiger partial charge in [-0.15, -0.1) is 0 Å². The summed E-state index contributed by atoms with van der Waals surface area (Å²) in [4.78, 5) is 0. The van der Waals surface area contributed by atoms with Gasteiger partial charge in [0.1, 0.15) is 0 Å². The van der Waals surface area contributed by atoms with Crippen LogP contribution in [0.4, 0.5) is 0 Å². The van der Waals surface area contributed by atoms with Gasteiger partial charge < -0.3 is 21.8 Å². The minimum atomic E-state index is -0.238. The lowest BCUT2D eigenvalue weighted by Gasteiger charge is -2.28. The molecule has 14 heavy (non-hydrogen) atoms. The van der Waals surface area contributed by atoms with Gasteiger partial charge in [-0.2, -0.15) is 0 Å². The van der Waals surface area contributed by atoms with Crippen molar-refractivity contribution in [2.75, 3.05) is 13.6 Å². The maximum Gasteiger partial charge on any atom is 0.185 e. The molecular formula is C9H21N5. The SMILES string of the molecule is CNC(C)(CCCNC(=N)N)C(C)=N. The number of hydrogen-bond acceptors (Lipinski definition) is 3. The third-order valence-corrected chi connectivity index (χ3v) is 2.55. The topological polar surface area (TPSA) is 97.8 Å². The molecule has 0 aromatic heterocycles. The van der Waals surface area contributed by atoms with Crippen LogP contribution in [0.2, 0.25) is 0 Å². The van der Waals surface area contributed by atoms with Crippen molar-refractivity contribution >= 4 is 11.7 Å². The van der Waals surface area contributed by atoms with Crippen LogP contribution >= 0.6 is 0 Å². The molecule has 0 aliphatic rings. The van der Waals surface area contributed by atoms with Crippen LogP contribution in [0, 0.1) is 10.8 Å². The first-order valence-corrected chi connectivity index (χ1v) is 4.75. The Balaban J connectivity index is 3.85. The minimum absolute atomic E-state index is 0.00253. The van der Waals surface area contributed by atoms with Crippen LogP contribution in [0.15, 0.2) is 0 Å². The molecule has 0 amide bonds. The summed E-state index contributed by atoms with van der Waals surface area (Å²) in [6.45, 7) is 4.48. The Hall–Kier alpha value is -1.10. The lowest BCUT2D eigenvalue weighted by Crippen LogP contribution is -2.46.